The number of hydrogen-bond acceptors (Lipinski definition) is 2. The first kappa shape index (κ1) is 14.7. The molecule has 0 aliphatic rings. The summed E-state index contributed by atoms with van der Waals surface area (Å²) in [4.78, 5) is 2.17. The summed E-state index contributed by atoms with van der Waals surface area (Å²) in [5, 5.41) is 3.49. The number of halogens is 1. The SMILES string of the molecule is CN(C)Cc1ccc(CNC(C)(C)C)cc1Br. The van der Waals surface area contributed by atoms with E-state index < -0.39 is 0 Å². The molecule has 0 fully saturated rings. The first-order chi connectivity index (χ1) is 7.78. The Kier molecular flexibility index (Phi) is 5.17. The highest BCUT2D eigenvalue weighted by Gasteiger charge is 2.09. The van der Waals surface area contributed by atoms with Crippen molar-refractivity contribution in [3.63, 3.8) is 0 Å². The van der Waals surface area contributed by atoms with E-state index in [9.17, 15) is 0 Å². The Morgan fingerprint density at radius 2 is 1.88 bits per heavy atom. The van der Waals surface area contributed by atoms with Crippen LogP contribution in [0.3, 0.4) is 0 Å². The molecule has 17 heavy (non-hydrogen) atoms. The van der Waals surface area contributed by atoms with Crippen LogP contribution >= 0.6 is 15.9 Å². The van der Waals surface area contributed by atoms with Gasteiger partial charge in [-0.25, -0.2) is 0 Å². The largest absolute Gasteiger partial charge is 0.308 e. The molecule has 0 radical (unpaired) electrons. The predicted octanol–water partition coefficient (Wildman–Crippen LogP) is 3.40. The maximum Gasteiger partial charge on any atom is 0.0238 e. The summed E-state index contributed by atoms with van der Waals surface area (Å²) < 4.78 is 1.19. The van der Waals surface area contributed by atoms with Crippen LogP contribution in [0.2, 0.25) is 0 Å². The zero-order valence-electron chi connectivity index (χ0n) is 11.5. The summed E-state index contributed by atoms with van der Waals surface area (Å²) in [7, 11) is 4.17. The minimum absolute atomic E-state index is 0.161. The minimum atomic E-state index is 0.161. The standard InChI is InChI=1S/C14H23BrN2/c1-14(2,3)16-9-11-6-7-12(10-17(4)5)13(15)8-11/h6-8,16H,9-10H2,1-5H3. The molecule has 0 unspecified atom stereocenters. The van der Waals surface area contributed by atoms with Crippen LogP contribution in [0.25, 0.3) is 0 Å². The Morgan fingerprint density at radius 1 is 1.24 bits per heavy atom. The lowest BCUT2D eigenvalue weighted by Gasteiger charge is -2.21. The maximum atomic E-state index is 3.64. The fourth-order valence-corrected chi connectivity index (χ4v) is 2.09. The van der Waals surface area contributed by atoms with Crippen LogP contribution in [0.4, 0.5) is 0 Å². The normalized spacial score (nSPS) is 12.2. The maximum absolute atomic E-state index is 3.64. The summed E-state index contributed by atoms with van der Waals surface area (Å²) >= 11 is 3.64. The van der Waals surface area contributed by atoms with E-state index in [4.69, 9.17) is 0 Å². The Bertz CT molecular complexity index is 367. The Hall–Kier alpha value is -0.380. The Labute approximate surface area is 114 Å². The molecule has 0 saturated heterocycles. The highest BCUT2D eigenvalue weighted by atomic mass is 79.9. The van der Waals surface area contributed by atoms with Crippen LogP contribution in [0.5, 0.6) is 0 Å². The van der Waals surface area contributed by atoms with Crippen LogP contribution in [0.15, 0.2) is 22.7 Å². The molecule has 0 atom stereocenters. The zero-order chi connectivity index (χ0) is 13.1. The highest BCUT2D eigenvalue weighted by molar-refractivity contribution is 9.10. The summed E-state index contributed by atoms with van der Waals surface area (Å²) in [6.07, 6.45) is 0. The van der Waals surface area contributed by atoms with Gasteiger partial charge in [0, 0.05) is 23.1 Å². The molecule has 0 aliphatic carbocycles. The van der Waals surface area contributed by atoms with Crippen molar-refractivity contribution >= 4 is 15.9 Å². The van der Waals surface area contributed by atoms with E-state index in [1.54, 1.807) is 0 Å². The molecule has 3 heteroatoms. The molecule has 1 aromatic rings. The first-order valence-corrected chi connectivity index (χ1v) is 6.74. The predicted molar refractivity (Wildman–Crippen MR) is 78.1 cm³/mol. The van der Waals surface area contributed by atoms with Gasteiger partial charge >= 0.3 is 0 Å². The smallest absolute Gasteiger partial charge is 0.0238 e. The van der Waals surface area contributed by atoms with Gasteiger partial charge in [-0.3, -0.25) is 0 Å². The van der Waals surface area contributed by atoms with Gasteiger partial charge in [0.1, 0.15) is 0 Å². The molecular weight excluding hydrogens is 276 g/mol. The number of hydrogen-bond donors (Lipinski definition) is 1. The average Bonchev–Trinajstić information content (AvgIpc) is 2.17. The molecule has 0 saturated carbocycles. The van der Waals surface area contributed by atoms with Gasteiger partial charge in [-0.1, -0.05) is 28.1 Å². The third kappa shape index (κ3) is 5.66. The van der Waals surface area contributed by atoms with Gasteiger partial charge in [-0.15, -0.1) is 0 Å². The summed E-state index contributed by atoms with van der Waals surface area (Å²) in [6, 6.07) is 6.60. The van der Waals surface area contributed by atoms with Gasteiger partial charge in [0.25, 0.3) is 0 Å². The zero-order valence-corrected chi connectivity index (χ0v) is 13.1. The second kappa shape index (κ2) is 5.98. The van der Waals surface area contributed by atoms with E-state index in [1.807, 2.05) is 0 Å². The topological polar surface area (TPSA) is 15.3 Å². The lowest BCUT2D eigenvalue weighted by atomic mass is 10.1. The van der Waals surface area contributed by atoms with Crippen molar-refractivity contribution in [3.8, 4) is 0 Å². The second-order valence-corrected chi connectivity index (χ2v) is 6.62. The molecule has 1 N–H and O–H groups in total. The fourth-order valence-electron chi connectivity index (χ4n) is 1.54. The van der Waals surface area contributed by atoms with E-state index in [0.717, 1.165) is 13.1 Å². The molecule has 96 valence electrons. The third-order valence-corrected chi connectivity index (χ3v) is 3.17. The van der Waals surface area contributed by atoms with Crippen molar-refractivity contribution in [1.82, 2.24) is 10.2 Å². The second-order valence-electron chi connectivity index (χ2n) is 5.77. The number of nitrogens with zero attached hydrogens (tertiary/aromatic N) is 1. The average molecular weight is 299 g/mol. The highest BCUT2D eigenvalue weighted by Crippen LogP contribution is 2.20. The van der Waals surface area contributed by atoms with Gasteiger partial charge in [0.2, 0.25) is 0 Å². The van der Waals surface area contributed by atoms with Gasteiger partial charge < -0.3 is 10.2 Å². The van der Waals surface area contributed by atoms with Gasteiger partial charge in [-0.2, -0.15) is 0 Å². The molecule has 1 rings (SSSR count). The van der Waals surface area contributed by atoms with Crippen molar-refractivity contribution in [2.75, 3.05) is 14.1 Å². The van der Waals surface area contributed by atoms with E-state index in [1.165, 1.54) is 15.6 Å². The van der Waals surface area contributed by atoms with Crippen molar-refractivity contribution < 1.29 is 0 Å². The molecule has 1 aromatic carbocycles. The van der Waals surface area contributed by atoms with E-state index in [2.05, 4.69) is 79.2 Å². The number of rotatable bonds is 4. The summed E-state index contributed by atoms with van der Waals surface area (Å²) in [6.45, 7) is 8.42. The third-order valence-electron chi connectivity index (χ3n) is 2.43. The minimum Gasteiger partial charge on any atom is -0.308 e. The van der Waals surface area contributed by atoms with Crippen molar-refractivity contribution in [2.45, 2.75) is 39.4 Å². The van der Waals surface area contributed by atoms with E-state index >= 15 is 0 Å². The summed E-state index contributed by atoms with van der Waals surface area (Å²) in [5.41, 5.74) is 2.80. The lowest BCUT2D eigenvalue weighted by molar-refractivity contribution is 0.401. The molecular formula is C14H23BrN2. The van der Waals surface area contributed by atoms with Crippen molar-refractivity contribution in [1.29, 1.82) is 0 Å². The molecule has 0 amide bonds. The van der Waals surface area contributed by atoms with E-state index in [-0.39, 0.29) is 5.54 Å². The molecule has 0 aliphatic heterocycles. The Balaban J connectivity index is 2.68. The van der Waals surface area contributed by atoms with Crippen molar-refractivity contribution in [3.05, 3.63) is 33.8 Å². The van der Waals surface area contributed by atoms with Gasteiger partial charge in [-0.05, 0) is 52.1 Å². The van der Waals surface area contributed by atoms with E-state index in [0.29, 0.717) is 0 Å². The van der Waals surface area contributed by atoms with Crippen LogP contribution in [-0.2, 0) is 13.1 Å². The fraction of sp³-hybridized carbons (Fsp3) is 0.571. The number of benzene rings is 1. The molecule has 0 heterocycles. The molecule has 0 aromatic heterocycles. The Morgan fingerprint density at radius 3 is 2.35 bits per heavy atom. The monoisotopic (exact) mass is 298 g/mol. The van der Waals surface area contributed by atoms with Crippen molar-refractivity contribution in [2.24, 2.45) is 0 Å². The quantitative estimate of drug-likeness (QED) is 0.916. The van der Waals surface area contributed by atoms with Crippen LogP contribution in [0, 0.1) is 0 Å². The van der Waals surface area contributed by atoms with Gasteiger partial charge in [0.05, 0.1) is 0 Å². The van der Waals surface area contributed by atoms with Crippen LogP contribution in [0.1, 0.15) is 31.9 Å². The summed E-state index contributed by atoms with van der Waals surface area (Å²) in [5.74, 6) is 0. The molecule has 0 spiro atoms. The van der Waals surface area contributed by atoms with Gasteiger partial charge in [0.15, 0.2) is 0 Å². The lowest BCUT2D eigenvalue weighted by Crippen LogP contribution is -2.35. The first-order valence-electron chi connectivity index (χ1n) is 5.95. The molecule has 0 bridgehead atoms. The number of nitrogens with one attached hydrogen (secondary N) is 1. The molecule has 2 nitrogen and oxygen atoms in total. The van der Waals surface area contributed by atoms with Crippen LogP contribution < -0.4 is 5.32 Å². The van der Waals surface area contributed by atoms with Crippen LogP contribution in [-0.4, -0.2) is 24.5 Å².